The van der Waals surface area contributed by atoms with Gasteiger partial charge in [-0.05, 0) is 43.7 Å². The smallest absolute Gasteiger partial charge is 0.162 e. The molecule has 1 heterocycles. The maximum Gasteiger partial charge on any atom is 0.162 e. The average molecular weight is 362 g/mol. The van der Waals surface area contributed by atoms with Crippen molar-refractivity contribution in [2.75, 3.05) is 0 Å². The molecule has 0 saturated carbocycles. The molecule has 0 bridgehead atoms. The summed E-state index contributed by atoms with van der Waals surface area (Å²) in [6.07, 6.45) is 6.38. The van der Waals surface area contributed by atoms with Crippen LogP contribution in [0.1, 0.15) is 54.8 Å². The Morgan fingerprint density at radius 3 is 2.50 bits per heavy atom. The minimum Gasteiger partial charge on any atom is -0.516 e. The number of nitrogens with zero attached hydrogens (tertiary/aromatic N) is 2. The number of hydrogen-bond donors (Lipinski definition) is 1. The SMILES string of the molecule is C=Cc1nc(CC)n(CCC)c1/C=C/O.CC(=O)c1cc(F)ccc1F. The van der Waals surface area contributed by atoms with Crippen molar-refractivity contribution in [3.8, 4) is 0 Å². The number of hydrogen-bond acceptors (Lipinski definition) is 3. The normalized spacial score (nSPS) is 10.5. The summed E-state index contributed by atoms with van der Waals surface area (Å²) in [5.41, 5.74) is 1.57. The number of Topliss-reactive ketones (excluding diaryl/α,β-unsaturated/α-hetero) is 1. The summed E-state index contributed by atoms with van der Waals surface area (Å²) in [5, 5.41) is 8.86. The third-order valence-corrected chi connectivity index (χ3v) is 3.61. The molecule has 0 atom stereocenters. The van der Waals surface area contributed by atoms with Gasteiger partial charge in [0.2, 0.25) is 0 Å². The Hall–Kier alpha value is -2.76. The van der Waals surface area contributed by atoms with E-state index in [1.165, 1.54) is 6.92 Å². The Morgan fingerprint density at radius 2 is 2.04 bits per heavy atom. The van der Waals surface area contributed by atoms with Gasteiger partial charge in [0, 0.05) is 13.0 Å². The predicted octanol–water partition coefficient (Wildman–Crippen LogP) is 5.19. The largest absolute Gasteiger partial charge is 0.516 e. The molecule has 26 heavy (non-hydrogen) atoms. The zero-order chi connectivity index (χ0) is 19.7. The van der Waals surface area contributed by atoms with Crippen molar-refractivity contribution >= 4 is 17.9 Å². The lowest BCUT2D eigenvalue weighted by Crippen LogP contribution is -2.04. The lowest BCUT2D eigenvalue weighted by atomic mass is 10.1. The van der Waals surface area contributed by atoms with Gasteiger partial charge in [-0.2, -0.15) is 0 Å². The van der Waals surface area contributed by atoms with Gasteiger partial charge in [0.1, 0.15) is 17.5 Å². The zero-order valence-electron chi connectivity index (χ0n) is 15.3. The van der Waals surface area contributed by atoms with Gasteiger partial charge in [0.05, 0.1) is 23.2 Å². The highest BCUT2D eigenvalue weighted by atomic mass is 19.1. The summed E-state index contributed by atoms with van der Waals surface area (Å²) in [4.78, 5) is 15.1. The molecule has 0 fully saturated rings. The van der Waals surface area contributed by atoms with E-state index >= 15 is 0 Å². The number of aromatic nitrogens is 2. The van der Waals surface area contributed by atoms with Gasteiger partial charge in [-0.15, -0.1) is 0 Å². The lowest BCUT2D eigenvalue weighted by molar-refractivity contribution is 0.101. The molecule has 0 saturated heterocycles. The summed E-state index contributed by atoms with van der Waals surface area (Å²) >= 11 is 0. The molecule has 2 aromatic rings. The van der Waals surface area contributed by atoms with Crippen LogP contribution < -0.4 is 0 Å². The number of benzene rings is 1. The van der Waals surface area contributed by atoms with E-state index in [0.717, 1.165) is 61.1 Å². The molecule has 0 unspecified atom stereocenters. The topological polar surface area (TPSA) is 55.1 Å². The van der Waals surface area contributed by atoms with Crippen molar-refractivity contribution < 1.29 is 18.7 Å². The van der Waals surface area contributed by atoms with Gasteiger partial charge in [-0.25, -0.2) is 13.8 Å². The maximum atomic E-state index is 12.6. The number of aliphatic hydroxyl groups excluding tert-OH is 1. The molecular weight excluding hydrogens is 338 g/mol. The van der Waals surface area contributed by atoms with E-state index in [9.17, 15) is 13.6 Å². The molecule has 4 nitrogen and oxygen atoms in total. The standard InChI is InChI=1S/C12H18N2O.C8H6F2O/c1-4-8-14-11(7-9-15)10(5-2)13-12(14)6-3;1-5(11)7-4-6(9)2-3-8(7)10/h5,7,9,15H,2,4,6,8H2,1,3H3;2-4H,1H3/b9-7+;. The highest BCUT2D eigenvalue weighted by molar-refractivity contribution is 5.94. The molecular formula is C20H24F2N2O2. The number of carbonyl (C=O) groups excluding carboxylic acids is 1. The Bertz CT molecular complexity index is 795. The molecule has 1 aromatic heterocycles. The van der Waals surface area contributed by atoms with Crippen LogP contribution >= 0.6 is 0 Å². The molecule has 0 spiro atoms. The van der Waals surface area contributed by atoms with Crippen LogP contribution in [0.5, 0.6) is 0 Å². The summed E-state index contributed by atoms with van der Waals surface area (Å²) < 4.78 is 27.2. The first-order chi connectivity index (χ1) is 12.4. The van der Waals surface area contributed by atoms with Gasteiger partial charge in [-0.3, -0.25) is 4.79 Å². The summed E-state index contributed by atoms with van der Waals surface area (Å²) in [6.45, 7) is 10.0. The van der Waals surface area contributed by atoms with E-state index in [4.69, 9.17) is 5.11 Å². The highest BCUT2D eigenvalue weighted by Gasteiger charge is 2.11. The van der Waals surface area contributed by atoms with E-state index in [2.05, 4.69) is 30.0 Å². The fraction of sp³-hybridized carbons (Fsp3) is 0.300. The predicted molar refractivity (Wildman–Crippen MR) is 100 cm³/mol. The van der Waals surface area contributed by atoms with Gasteiger partial charge < -0.3 is 9.67 Å². The Labute approximate surface area is 152 Å². The monoisotopic (exact) mass is 362 g/mol. The molecule has 6 heteroatoms. The van der Waals surface area contributed by atoms with E-state index in [1.54, 1.807) is 12.2 Å². The first kappa shape index (κ1) is 21.3. The first-order valence-corrected chi connectivity index (χ1v) is 8.38. The second-order valence-electron chi connectivity index (χ2n) is 5.50. The van der Waals surface area contributed by atoms with Crippen molar-refractivity contribution in [1.82, 2.24) is 9.55 Å². The fourth-order valence-corrected chi connectivity index (χ4v) is 2.44. The lowest BCUT2D eigenvalue weighted by Gasteiger charge is -2.06. The third kappa shape index (κ3) is 5.37. The van der Waals surface area contributed by atoms with Crippen LogP contribution in [0.2, 0.25) is 0 Å². The van der Waals surface area contributed by atoms with Crippen molar-refractivity contribution in [2.45, 2.75) is 40.2 Å². The average Bonchev–Trinajstić information content (AvgIpc) is 2.95. The molecule has 0 aliphatic carbocycles. The zero-order valence-corrected chi connectivity index (χ0v) is 15.3. The number of aryl methyl sites for hydroxylation is 1. The molecule has 0 aliphatic heterocycles. The van der Waals surface area contributed by atoms with E-state index < -0.39 is 17.4 Å². The Balaban J connectivity index is 0.000000273. The van der Waals surface area contributed by atoms with Crippen molar-refractivity contribution in [3.05, 3.63) is 65.5 Å². The van der Waals surface area contributed by atoms with Crippen LogP contribution in [-0.2, 0) is 13.0 Å². The maximum absolute atomic E-state index is 12.6. The molecule has 1 aromatic carbocycles. The van der Waals surface area contributed by atoms with Gasteiger partial charge in [-0.1, -0.05) is 20.4 Å². The van der Waals surface area contributed by atoms with Gasteiger partial charge in [0.15, 0.2) is 5.78 Å². The molecule has 140 valence electrons. The van der Waals surface area contributed by atoms with Crippen LogP contribution in [0, 0.1) is 11.6 Å². The number of aliphatic hydroxyl groups is 1. The van der Waals surface area contributed by atoms with Gasteiger partial charge >= 0.3 is 0 Å². The Kier molecular flexibility index (Phi) is 8.42. The highest BCUT2D eigenvalue weighted by Crippen LogP contribution is 2.16. The Morgan fingerprint density at radius 1 is 1.35 bits per heavy atom. The van der Waals surface area contributed by atoms with Crippen molar-refractivity contribution in [2.24, 2.45) is 0 Å². The van der Waals surface area contributed by atoms with E-state index in [0.29, 0.717) is 0 Å². The van der Waals surface area contributed by atoms with Crippen LogP contribution in [-0.4, -0.2) is 20.4 Å². The van der Waals surface area contributed by atoms with Crippen LogP contribution in [0.4, 0.5) is 8.78 Å². The fourth-order valence-electron chi connectivity index (χ4n) is 2.44. The minimum absolute atomic E-state index is 0.204. The van der Waals surface area contributed by atoms with Crippen LogP contribution in [0.15, 0.2) is 31.0 Å². The minimum atomic E-state index is -0.682. The number of carbonyl (C=O) groups is 1. The van der Waals surface area contributed by atoms with Crippen LogP contribution in [0.25, 0.3) is 12.2 Å². The molecule has 0 aliphatic rings. The van der Waals surface area contributed by atoms with E-state index in [1.807, 2.05) is 0 Å². The number of rotatable bonds is 6. The second-order valence-corrected chi connectivity index (χ2v) is 5.50. The second kappa shape index (κ2) is 10.3. The molecule has 2 rings (SSSR count). The number of imidazole rings is 1. The third-order valence-electron chi connectivity index (χ3n) is 3.61. The molecule has 0 radical (unpaired) electrons. The van der Waals surface area contributed by atoms with Gasteiger partial charge in [0.25, 0.3) is 0 Å². The van der Waals surface area contributed by atoms with Crippen LogP contribution in [0.3, 0.4) is 0 Å². The summed E-state index contributed by atoms with van der Waals surface area (Å²) in [5.74, 6) is -0.711. The molecule has 0 amide bonds. The first-order valence-electron chi connectivity index (χ1n) is 8.38. The van der Waals surface area contributed by atoms with Crippen molar-refractivity contribution in [3.63, 3.8) is 0 Å². The van der Waals surface area contributed by atoms with Crippen molar-refractivity contribution in [1.29, 1.82) is 0 Å². The number of halogens is 2. The summed E-state index contributed by atoms with van der Waals surface area (Å²) in [7, 11) is 0. The van der Waals surface area contributed by atoms with E-state index in [-0.39, 0.29) is 5.56 Å². The summed E-state index contributed by atoms with van der Waals surface area (Å²) in [6, 6.07) is 2.80. The number of ketones is 1. The quantitative estimate of drug-likeness (QED) is 0.568. The molecule has 1 N–H and O–H groups in total.